The number of carbonyl (C=O) groups is 16. The highest BCUT2D eigenvalue weighted by atomic mass is 35.5. The van der Waals surface area contributed by atoms with Gasteiger partial charge >= 0.3 is 30.5 Å². The van der Waals surface area contributed by atoms with E-state index in [0.717, 1.165) is 19.3 Å². The number of hydrogen-bond donors (Lipinski definition) is 16. The van der Waals surface area contributed by atoms with Crippen LogP contribution in [0.25, 0.3) is 0 Å². The third-order valence-corrected chi connectivity index (χ3v) is 25.2. The normalized spacial score (nSPS) is 16.8. The number of unbranched alkanes of at least 4 members (excludes halogenated alkanes) is 4. The molecule has 8 aromatic carbocycles. The van der Waals surface area contributed by atoms with Gasteiger partial charge in [-0.3, -0.25) is 52.7 Å². The molecule has 0 saturated carbocycles. The molecule has 44 heteroatoms. The molecule has 0 radical (unpaired) electrons. The van der Waals surface area contributed by atoms with Crippen LogP contribution in [0.2, 0.25) is 25.1 Å². The fourth-order valence-electron chi connectivity index (χ4n) is 14.9. The van der Waals surface area contributed by atoms with E-state index < -0.39 is 233 Å². The molecule has 16 N–H and O–H groups in total. The highest BCUT2D eigenvalue weighted by Gasteiger charge is 2.39. The van der Waals surface area contributed by atoms with E-state index >= 15 is 38.4 Å². The number of amides is 16. The summed E-state index contributed by atoms with van der Waals surface area (Å²) < 4.78 is 40.0. The first kappa shape index (κ1) is 118. The Morgan fingerprint density at radius 1 is 0.356 bits per heavy atom. The summed E-state index contributed by atoms with van der Waals surface area (Å²) in [6.07, 6.45) is -7.38. The Bertz CT molecular complexity index is 5760. The summed E-state index contributed by atoms with van der Waals surface area (Å²) in [6, 6.07) is 42.0. The maximum Gasteiger partial charge on any atom is 0.407 e. The van der Waals surface area contributed by atoms with Crippen molar-refractivity contribution >= 4 is 153 Å². The van der Waals surface area contributed by atoms with Gasteiger partial charge in [-0.2, -0.15) is 0 Å². The number of ether oxygens (including phenoxy) is 7. The third-order valence-electron chi connectivity index (χ3n) is 23.3. The number of benzene rings is 8. The van der Waals surface area contributed by atoms with Crippen LogP contribution in [0, 0.1) is 0 Å². The highest BCUT2D eigenvalue weighted by Crippen LogP contribution is 2.23. The number of rotatable bonds is 48. The number of halogens is 5. The SMILES string of the molecule is CCCCCCCC(=O)N[C@@H](CCNC(=O)OCc1ccccc1Cl)C(=O)N[C@H](C(=O)N[C@@H](CCNC(=O)OCc1ccccc1Cl)C(=O)N[C@H]1CCNC(=O)[C@H]([C@@H](C)OCc2ccccc2)NC(=O)[C@H](CCNC(=O)OCc2ccccc2Cl)NC(=O)[C@H](CCNC(=O)OCc2ccccc2Cl)NC(=O)CNC(=O)[C@@H](Cc2ccccc2)NC(=O)[C@H](CCNC(=O)OCc2ccccc2Cl)NC1=O)[C@@H](C)OCc1ccccc1. The average Bonchev–Trinajstić information content (AvgIpc) is 1.32. The standard InChI is InChI=1S/C105H125Cl5N16O23/c1-4-5-6-7-17-44-88(127)118-82(47-53-113-102(139)146-62-72-35-19-24-40-77(72)107)97(134)126-91(67(3)144-60-70-32-15-10-16-33-70)100(137)123-85(49-55-115-104(141)148-64-74-37-21-26-42-79(74)109)95(132)120-83-45-51-111-99(136)90(66(2)143-59-69-30-13-9-14-31-69)125-98(135)86(50-56-116-105(142)149-65-75-38-22-27-43-80(75)110)122-93(130)81(46-52-112-101(138)145-61-71-34-18-23-39-76(71)106)119-89(128)58-117-92(129)87(57-68-28-11-8-12-29-68)124-96(133)84(121-94(83)131)48-54-114-103(140)147-63-73-36-20-25-41-78(73)108/h8-16,18-43,66-67,81-87,90-91H,4-7,17,44-65H2,1-3H3,(H,111,136)(H,112,138)(H,113,139)(H,114,140)(H,115,141)(H,116,142)(H,117,129)(H,118,127)(H,119,128)(H,120,132)(H,121,131)(H,122,130)(H,123,137)(H,124,133)(H,125,135)(H,126,134)/t66-,67-,81+,82+,83+,84+,85+,86+,87-,90+,91+/m1/s1. The Kier molecular flexibility index (Phi) is 51.3. The molecule has 9 rings (SSSR count). The Labute approximate surface area is 887 Å². The molecular formula is C105H125Cl5N16O23. The molecule has 11 atom stereocenters. The van der Waals surface area contributed by atoms with Gasteiger partial charge in [0.15, 0.2) is 0 Å². The van der Waals surface area contributed by atoms with E-state index in [4.69, 9.17) is 91.2 Å². The van der Waals surface area contributed by atoms with Gasteiger partial charge < -0.3 is 118 Å². The second-order valence-electron chi connectivity index (χ2n) is 34.6. The predicted molar refractivity (Wildman–Crippen MR) is 554 cm³/mol. The maximum absolute atomic E-state index is 16.0. The molecule has 1 fully saturated rings. The maximum atomic E-state index is 16.0. The van der Waals surface area contributed by atoms with Crippen molar-refractivity contribution in [1.82, 2.24) is 85.1 Å². The van der Waals surface area contributed by atoms with Crippen molar-refractivity contribution in [1.29, 1.82) is 0 Å². The van der Waals surface area contributed by atoms with Gasteiger partial charge in [0, 0.05) is 105 Å². The van der Waals surface area contributed by atoms with Crippen molar-refractivity contribution < 1.29 is 110 Å². The van der Waals surface area contributed by atoms with E-state index in [2.05, 4.69) is 85.1 Å². The lowest BCUT2D eigenvalue weighted by Crippen LogP contribution is -2.62. The Balaban J connectivity index is 1.11. The molecule has 1 saturated heterocycles. The van der Waals surface area contributed by atoms with Crippen molar-refractivity contribution in [2.75, 3.05) is 45.8 Å². The lowest BCUT2D eigenvalue weighted by atomic mass is 10.0. The van der Waals surface area contributed by atoms with Crippen molar-refractivity contribution in [3.8, 4) is 0 Å². The largest absolute Gasteiger partial charge is 0.445 e. The topological polar surface area (TPSA) is 530 Å². The molecule has 0 aliphatic carbocycles. The van der Waals surface area contributed by atoms with Gasteiger partial charge in [0.2, 0.25) is 65.0 Å². The smallest absolute Gasteiger partial charge is 0.407 e. The predicted octanol–water partition coefficient (Wildman–Crippen LogP) is 10.6. The summed E-state index contributed by atoms with van der Waals surface area (Å²) in [7, 11) is 0. The molecular weight excluding hydrogens is 2030 g/mol. The minimum absolute atomic E-state index is 0.0203. The molecule has 0 unspecified atom stereocenters. The van der Waals surface area contributed by atoms with Gasteiger partial charge in [-0.15, -0.1) is 0 Å². The molecule has 0 bridgehead atoms. The monoisotopic (exact) mass is 2150 g/mol. The van der Waals surface area contributed by atoms with E-state index in [-0.39, 0.29) is 87.1 Å². The molecule has 798 valence electrons. The van der Waals surface area contributed by atoms with E-state index in [0.29, 0.717) is 67.4 Å². The van der Waals surface area contributed by atoms with E-state index in [1.54, 1.807) is 212 Å². The van der Waals surface area contributed by atoms with Crippen LogP contribution in [0.15, 0.2) is 212 Å². The van der Waals surface area contributed by atoms with Crippen LogP contribution in [0.3, 0.4) is 0 Å². The molecule has 39 nitrogen and oxygen atoms in total. The van der Waals surface area contributed by atoms with Crippen molar-refractivity contribution in [2.45, 2.75) is 217 Å². The van der Waals surface area contributed by atoms with Gasteiger partial charge in [0.05, 0.1) is 32.0 Å². The van der Waals surface area contributed by atoms with Gasteiger partial charge in [-0.25, -0.2) is 24.0 Å². The quantitative estimate of drug-likeness (QED) is 0.0124. The van der Waals surface area contributed by atoms with Crippen LogP contribution in [0.5, 0.6) is 0 Å². The van der Waals surface area contributed by atoms with Gasteiger partial charge in [0.1, 0.15) is 87.4 Å². The van der Waals surface area contributed by atoms with Gasteiger partial charge in [-0.05, 0) is 106 Å². The molecule has 16 amide bonds. The average molecular weight is 2160 g/mol. The van der Waals surface area contributed by atoms with E-state index in [9.17, 15) is 38.4 Å². The Morgan fingerprint density at radius 2 is 0.725 bits per heavy atom. The molecule has 0 aromatic heterocycles. The summed E-state index contributed by atoms with van der Waals surface area (Å²) in [6.45, 7) is -0.797. The van der Waals surface area contributed by atoms with Crippen LogP contribution in [0.1, 0.15) is 142 Å². The lowest BCUT2D eigenvalue weighted by molar-refractivity contribution is -0.138. The summed E-state index contributed by atoms with van der Waals surface area (Å²) >= 11 is 31.9. The number of hydrogen-bond acceptors (Lipinski definition) is 23. The molecule has 1 aliphatic heterocycles. The zero-order valence-electron chi connectivity index (χ0n) is 82.4. The first-order valence-corrected chi connectivity index (χ1v) is 50.6. The van der Waals surface area contributed by atoms with Gasteiger partial charge in [-0.1, -0.05) is 273 Å². The number of alkyl carbamates (subject to hydrolysis) is 5. The molecule has 149 heavy (non-hydrogen) atoms. The summed E-state index contributed by atoms with van der Waals surface area (Å²) in [4.78, 5) is 235. The second-order valence-corrected chi connectivity index (χ2v) is 36.6. The van der Waals surface area contributed by atoms with Crippen molar-refractivity contribution in [3.05, 3.63) is 282 Å². The zero-order chi connectivity index (χ0) is 107. The van der Waals surface area contributed by atoms with E-state index in [1.807, 2.05) is 6.92 Å². The van der Waals surface area contributed by atoms with Crippen LogP contribution in [-0.2, 0) is 139 Å². The number of carbonyl (C=O) groups excluding carboxylic acids is 16. The summed E-state index contributed by atoms with van der Waals surface area (Å²) in [5, 5.41) is 43.2. The molecule has 8 aromatic rings. The highest BCUT2D eigenvalue weighted by molar-refractivity contribution is 6.32. The van der Waals surface area contributed by atoms with Crippen molar-refractivity contribution in [2.24, 2.45) is 0 Å². The Morgan fingerprint density at radius 3 is 1.15 bits per heavy atom. The minimum Gasteiger partial charge on any atom is -0.445 e. The lowest BCUT2D eigenvalue weighted by Gasteiger charge is -2.30. The second kappa shape index (κ2) is 64.7. The van der Waals surface area contributed by atoms with Crippen LogP contribution >= 0.6 is 58.0 Å². The molecule has 1 aliphatic rings. The minimum atomic E-state index is -2.00. The Hall–Kier alpha value is -14.4. The summed E-state index contributed by atoms with van der Waals surface area (Å²) in [5.74, 6) is -11.7. The summed E-state index contributed by atoms with van der Waals surface area (Å²) in [5.41, 5.74) is 3.82. The fourth-order valence-corrected chi connectivity index (χ4v) is 15.9. The van der Waals surface area contributed by atoms with E-state index in [1.165, 1.54) is 13.8 Å². The van der Waals surface area contributed by atoms with Crippen LogP contribution in [-0.4, -0.2) is 208 Å². The van der Waals surface area contributed by atoms with Crippen molar-refractivity contribution in [3.63, 3.8) is 0 Å². The van der Waals surface area contributed by atoms with Gasteiger partial charge in [0.25, 0.3) is 0 Å². The zero-order valence-corrected chi connectivity index (χ0v) is 86.2. The fraction of sp³-hybridized carbons (Fsp3) is 0.390. The third kappa shape index (κ3) is 43.2. The molecule has 1 heterocycles. The first-order chi connectivity index (χ1) is 71.9. The molecule has 0 spiro atoms. The van der Waals surface area contributed by atoms with Crippen LogP contribution in [0.4, 0.5) is 24.0 Å². The van der Waals surface area contributed by atoms with Crippen LogP contribution < -0.4 is 85.1 Å². The number of nitrogens with one attached hydrogen (secondary N) is 16. The first-order valence-electron chi connectivity index (χ1n) is 48.7.